The van der Waals surface area contributed by atoms with E-state index in [1.165, 1.54) is 19.4 Å². The molecule has 2 amide bonds. The molecule has 1 unspecified atom stereocenters. The van der Waals surface area contributed by atoms with Gasteiger partial charge in [-0.2, -0.15) is 0 Å². The molecular weight excluding hydrogens is 278 g/mol. The molecule has 2 fully saturated rings. The fourth-order valence-electron chi connectivity index (χ4n) is 3.27. The normalized spacial score (nSPS) is 27.9. The fraction of sp³-hybridized carbons (Fsp3) is 0.941. The first-order valence-corrected chi connectivity index (χ1v) is 8.98. The Balaban J connectivity index is 1.74. The minimum Gasteiger partial charge on any atom is -0.372 e. The van der Waals surface area contributed by atoms with Crippen LogP contribution in [0.2, 0.25) is 0 Å². The second-order valence-electron chi connectivity index (χ2n) is 6.99. The molecule has 0 aromatic heterocycles. The van der Waals surface area contributed by atoms with Crippen LogP contribution in [0.25, 0.3) is 0 Å². The van der Waals surface area contributed by atoms with Crippen molar-refractivity contribution in [3.05, 3.63) is 0 Å². The number of urea groups is 1. The standard InChI is InChI=1S/C17H33N3O2/c1-4-6-9-19-10-7-15(8-11-19)18-16(21)20-12-13-22-17(3,5-2)14-20/h15H,4-14H2,1-3H3,(H,18,21). The molecule has 22 heavy (non-hydrogen) atoms. The van der Waals surface area contributed by atoms with Gasteiger partial charge in [0.05, 0.1) is 18.8 Å². The van der Waals surface area contributed by atoms with Crippen LogP contribution in [0.4, 0.5) is 4.79 Å². The zero-order valence-electron chi connectivity index (χ0n) is 14.6. The summed E-state index contributed by atoms with van der Waals surface area (Å²) in [5.74, 6) is 0. The summed E-state index contributed by atoms with van der Waals surface area (Å²) >= 11 is 0. The SMILES string of the molecule is CCCCN1CCC(NC(=O)N2CCOC(C)(CC)C2)CC1. The Morgan fingerprint density at radius 2 is 2.00 bits per heavy atom. The van der Waals surface area contributed by atoms with E-state index in [2.05, 4.69) is 31.0 Å². The lowest BCUT2D eigenvalue weighted by Gasteiger charge is -2.41. The van der Waals surface area contributed by atoms with Gasteiger partial charge >= 0.3 is 6.03 Å². The number of hydrogen-bond acceptors (Lipinski definition) is 3. The zero-order chi connectivity index (χ0) is 16.0. The Hall–Kier alpha value is -0.810. The van der Waals surface area contributed by atoms with Crippen molar-refractivity contribution in [1.29, 1.82) is 0 Å². The van der Waals surface area contributed by atoms with E-state index in [0.717, 1.165) is 32.4 Å². The van der Waals surface area contributed by atoms with E-state index >= 15 is 0 Å². The van der Waals surface area contributed by atoms with Gasteiger partial charge in [0.15, 0.2) is 0 Å². The highest BCUT2D eigenvalue weighted by Gasteiger charge is 2.33. The Morgan fingerprint density at radius 3 is 2.64 bits per heavy atom. The first kappa shape index (κ1) is 17.5. The van der Waals surface area contributed by atoms with E-state index in [1.54, 1.807) is 0 Å². The molecule has 2 saturated heterocycles. The van der Waals surface area contributed by atoms with Crippen LogP contribution < -0.4 is 5.32 Å². The van der Waals surface area contributed by atoms with Gasteiger partial charge in [-0.25, -0.2) is 4.79 Å². The summed E-state index contributed by atoms with van der Waals surface area (Å²) in [5, 5.41) is 3.23. The molecule has 0 aliphatic carbocycles. The molecule has 1 N–H and O–H groups in total. The zero-order valence-corrected chi connectivity index (χ0v) is 14.6. The van der Waals surface area contributed by atoms with Gasteiger partial charge in [0.2, 0.25) is 0 Å². The van der Waals surface area contributed by atoms with Crippen LogP contribution in [-0.2, 0) is 4.74 Å². The highest BCUT2D eigenvalue weighted by atomic mass is 16.5. The third kappa shape index (κ3) is 4.85. The highest BCUT2D eigenvalue weighted by molar-refractivity contribution is 5.74. The third-order valence-electron chi connectivity index (χ3n) is 5.12. The van der Waals surface area contributed by atoms with Gasteiger partial charge in [0, 0.05) is 25.7 Å². The number of piperidine rings is 1. The van der Waals surface area contributed by atoms with Gasteiger partial charge in [-0.1, -0.05) is 20.3 Å². The van der Waals surface area contributed by atoms with Gasteiger partial charge in [0.25, 0.3) is 0 Å². The van der Waals surface area contributed by atoms with Crippen LogP contribution in [0.5, 0.6) is 0 Å². The number of unbranched alkanes of at least 4 members (excludes halogenated alkanes) is 1. The second-order valence-corrected chi connectivity index (χ2v) is 6.99. The number of morpholine rings is 1. The van der Waals surface area contributed by atoms with E-state index in [0.29, 0.717) is 25.7 Å². The molecule has 1 atom stereocenters. The molecule has 0 aromatic carbocycles. The number of amides is 2. The number of carbonyl (C=O) groups excluding carboxylic acids is 1. The Kier molecular flexibility index (Phi) is 6.50. The molecule has 5 nitrogen and oxygen atoms in total. The summed E-state index contributed by atoms with van der Waals surface area (Å²) in [5.41, 5.74) is -0.181. The van der Waals surface area contributed by atoms with Crippen molar-refractivity contribution in [1.82, 2.24) is 15.1 Å². The number of nitrogens with zero attached hydrogens (tertiary/aromatic N) is 2. The number of carbonyl (C=O) groups is 1. The Labute approximate surface area is 135 Å². The maximum Gasteiger partial charge on any atom is 0.317 e. The lowest BCUT2D eigenvalue weighted by molar-refractivity contribution is -0.0875. The first-order chi connectivity index (χ1) is 10.6. The number of hydrogen-bond donors (Lipinski definition) is 1. The van der Waals surface area contributed by atoms with Crippen molar-refractivity contribution in [3.63, 3.8) is 0 Å². The van der Waals surface area contributed by atoms with Crippen LogP contribution in [-0.4, -0.2) is 66.8 Å². The van der Waals surface area contributed by atoms with Crippen molar-refractivity contribution >= 4 is 6.03 Å². The van der Waals surface area contributed by atoms with Crippen molar-refractivity contribution in [2.75, 3.05) is 39.3 Å². The van der Waals surface area contributed by atoms with Crippen molar-refractivity contribution in [3.8, 4) is 0 Å². The van der Waals surface area contributed by atoms with Crippen molar-refractivity contribution in [2.45, 2.75) is 64.5 Å². The minimum atomic E-state index is -0.181. The number of nitrogens with one attached hydrogen (secondary N) is 1. The summed E-state index contributed by atoms with van der Waals surface area (Å²) in [6.45, 7) is 11.9. The molecule has 2 rings (SSSR count). The smallest absolute Gasteiger partial charge is 0.317 e. The maximum atomic E-state index is 12.5. The summed E-state index contributed by atoms with van der Waals surface area (Å²) in [4.78, 5) is 16.9. The molecule has 0 aromatic rings. The molecule has 5 heteroatoms. The van der Waals surface area contributed by atoms with Crippen LogP contribution in [0.15, 0.2) is 0 Å². The summed E-state index contributed by atoms with van der Waals surface area (Å²) in [6.07, 6.45) is 5.62. The van der Waals surface area contributed by atoms with E-state index in [1.807, 2.05) is 4.90 Å². The number of rotatable bonds is 5. The van der Waals surface area contributed by atoms with Crippen molar-refractivity contribution < 1.29 is 9.53 Å². The molecule has 0 spiro atoms. The van der Waals surface area contributed by atoms with Crippen molar-refractivity contribution in [2.24, 2.45) is 0 Å². The van der Waals surface area contributed by atoms with Gasteiger partial charge in [-0.15, -0.1) is 0 Å². The predicted octanol–water partition coefficient (Wildman–Crippen LogP) is 2.46. The van der Waals surface area contributed by atoms with E-state index < -0.39 is 0 Å². The topological polar surface area (TPSA) is 44.8 Å². The van der Waals surface area contributed by atoms with Gasteiger partial charge in [-0.3, -0.25) is 0 Å². The lowest BCUT2D eigenvalue weighted by Crippen LogP contribution is -2.56. The van der Waals surface area contributed by atoms with Gasteiger partial charge in [-0.05, 0) is 39.2 Å². The largest absolute Gasteiger partial charge is 0.372 e. The molecule has 0 bridgehead atoms. The quantitative estimate of drug-likeness (QED) is 0.848. The van der Waals surface area contributed by atoms with Crippen LogP contribution in [0.3, 0.4) is 0 Å². The van der Waals surface area contributed by atoms with Gasteiger partial charge in [0.1, 0.15) is 0 Å². The molecular formula is C17H33N3O2. The fourth-order valence-corrected chi connectivity index (χ4v) is 3.27. The molecule has 2 heterocycles. The number of likely N-dealkylation sites (tertiary alicyclic amines) is 1. The van der Waals surface area contributed by atoms with E-state index in [9.17, 15) is 4.79 Å². The highest BCUT2D eigenvalue weighted by Crippen LogP contribution is 2.21. The van der Waals surface area contributed by atoms with Gasteiger partial charge < -0.3 is 19.9 Å². The molecule has 0 saturated carbocycles. The molecule has 2 aliphatic heterocycles. The molecule has 128 valence electrons. The summed E-state index contributed by atoms with van der Waals surface area (Å²) < 4.78 is 5.81. The molecule has 0 radical (unpaired) electrons. The minimum absolute atomic E-state index is 0.0926. The molecule has 2 aliphatic rings. The van der Waals surface area contributed by atoms with Crippen LogP contribution >= 0.6 is 0 Å². The first-order valence-electron chi connectivity index (χ1n) is 8.98. The lowest BCUT2D eigenvalue weighted by atomic mass is 10.0. The van der Waals surface area contributed by atoms with Crippen LogP contribution in [0.1, 0.15) is 52.9 Å². The van der Waals surface area contributed by atoms with E-state index in [-0.39, 0.29) is 11.6 Å². The number of ether oxygens (including phenoxy) is 1. The average molecular weight is 311 g/mol. The van der Waals surface area contributed by atoms with E-state index in [4.69, 9.17) is 4.74 Å². The predicted molar refractivity (Wildman–Crippen MR) is 89.1 cm³/mol. The maximum absolute atomic E-state index is 12.5. The summed E-state index contributed by atoms with van der Waals surface area (Å²) in [7, 11) is 0. The monoisotopic (exact) mass is 311 g/mol. The van der Waals surface area contributed by atoms with Crippen LogP contribution in [0, 0.1) is 0 Å². The Bertz CT molecular complexity index is 356. The average Bonchev–Trinajstić information content (AvgIpc) is 2.54. The Morgan fingerprint density at radius 1 is 1.27 bits per heavy atom. The third-order valence-corrected chi connectivity index (χ3v) is 5.12. The summed E-state index contributed by atoms with van der Waals surface area (Å²) in [6, 6.07) is 0.427. The second kappa shape index (κ2) is 8.16.